The third-order valence-corrected chi connectivity index (χ3v) is 8.55. The van der Waals surface area contributed by atoms with Gasteiger partial charge in [-0.15, -0.1) is 12.4 Å². The van der Waals surface area contributed by atoms with Crippen molar-refractivity contribution in [2.45, 2.75) is 70.0 Å². The molecular formula is C27H43ClN4O. The van der Waals surface area contributed by atoms with E-state index in [4.69, 9.17) is 0 Å². The fourth-order valence-corrected chi connectivity index (χ4v) is 6.82. The van der Waals surface area contributed by atoms with Crippen LogP contribution in [0.2, 0.25) is 0 Å². The normalized spacial score (nSPS) is 29.1. The van der Waals surface area contributed by atoms with Gasteiger partial charge in [-0.1, -0.05) is 43.2 Å². The molecule has 1 amide bonds. The molecule has 1 saturated carbocycles. The minimum Gasteiger partial charge on any atom is -0.340 e. The Kier molecular flexibility index (Phi) is 9.09. The predicted octanol–water partition coefficient (Wildman–Crippen LogP) is 3.78. The summed E-state index contributed by atoms with van der Waals surface area (Å²) in [6.45, 7) is 8.68. The van der Waals surface area contributed by atoms with Crippen molar-refractivity contribution in [3.63, 3.8) is 0 Å². The van der Waals surface area contributed by atoms with E-state index in [1.165, 1.54) is 50.8 Å². The van der Waals surface area contributed by atoms with Crippen molar-refractivity contribution in [1.82, 2.24) is 20.0 Å². The Balaban J connectivity index is 0.00000259. The number of nitrogens with one attached hydrogen (secondary N) is 1. The Morgan fingerprint density at radius 1 is 1.00 bits per heavy atom. The molecular weight excluding hydrogens is 432 g/mol. The van der Waals surface area contributed by atoms with E-state index in [2.05, 4.69) is 50.3 Å². The number of piperidine rings is 2. The van der Waals surface area contributed by atoms with Crippen LogP contribution in [0.3, 0.4) is 0 Å². The number of hydrogen-bond acceptors (Lipinski definition) is 4. The number of halogens is 1. The average Bonchev–Trinajstić information content (AvgIpc) is 3.36. The largest absolute Gasteiger partial charge is 0.340 e. The fourth-order valence-electron chi connectivity index (χ4n) is 6.82. The van der Waals surface area contributed by atoms with E-state index in [0.29, 0.717) is 11.9 Å². The average molecular weight is 475 g/mol. The lowest BCUT2D eigenvalue weighted by Gasteiger charge is -2.46. The monoisotopic (exact) mass is 474 g/mol. The highest BCUT2D eigenvalue weighted by atomic mass is 35.5. The minimum atomic E-state index is 0. The topological polar surface area (TPSA) is 38.8 Å². The standard InChI is InChI=1S/C27H42N4O.ClH/c32-27(31-15-13-30(14-16-31)25-9-4-5-10-25)12-6-11-26-24-17-23(18-28-26)20-29(21-24)19-22-7-2-1-3-8-22;/h1-3,7-8,23-26,28H,4-6,9-21H2;1H/t23-,24-,26+;/m0./s1. The Bertz CT molecular complexity index is 733. The number of carbonyl (C=O) groups excluding carboxylic acids is 1. The second kappa shape index (κ2) is 12.0. The molecule has 4 fully saturated rings. The first-order valence-corrected chi connectivity index (χ1v) is 13.3. The fraction of sp³-hybridized carbons (Fsp3) is 0.741. The number of nitrogens with zero attached hydrogens (tertiary/aromatic N) is 3. The number of rotatable bonds is 7. The summed E-state index contributed by atoms with van der Waals surface area (Å²) in [4.78, 5) is 20.3. The molecule has 3 saturated heterocycles. The molecule has 1 aromatic carbocycles. The van der Waals surface area contributed by atoms with Gasteiger partial charge in [0.1, 0.15) is 0 Å². The molecule has 0 spiro atoms. The van der Waals surface area contributed by atoms with Crippen LogP contribution in [0.25, 0.3) is 0 Å². The number of hydrogen-bond donors (Lipinski definition) is 1. The van der Waals surface area contributed by atoms with Crippen LogP contribution in [0.1, 0.15) is 56.9 Å². The quantitative estimate of drug-likeness (QED) is 0.652. The summed E-state index contributed by atoms with van der Waals surface area (Å²) in [6.07, 6.45) is 9.78. The van der Waals surface area contributed by atoms with Gasteiger partial charge >= 0.3 is 0 Å². The number of carbonyl (C=O) groups is 1. The van der Waals surface area contributed by atoms with Gasteiger partial charge in [0.2, 0.25) is 5.91 Å². The van der Waals surface area contributed by atoms with Gasteiger partial charge in [-0.05, 0) is 56.0 Å². The molecule has 6 heteroatoms. The molecule has 184 valence electrons. The number of piperazine rings is 1. The molecule has 4 aliphatic rings. The van der Waals surface area contributed by atoms with Crippen molar-refractivity contribution in [3.8, 4) is 0 Å². The third kappa shape index (κ3) is 6.50. The predicted molar refractivity (Wildman–Crippen MR) is 137 cm³/mol. The molecule has 5 rings (SSSR count). The van der Waals surface area contributed by atoms with Crippen molar-refractivity contribution in [2.24, 2.45) is 11.8 Å². The summed E-state index contributed by atoms with van der Waals surface area (Å²) in [5.41, 5.74) is 1.43. The number of fused-ring (bicyclic) bond motifs is 2. The van der Waals surface area contributed by atoms with Crippen LogP contribution in [-0.4, -0.2) is 78.5 Å². The highest BCUT2D eigenvalue weighted by Crippen LogP contribution is 2.31. The summed E-state index contributed by atoms with van der Waals surface area (Å²) < 4.78 is 0. The molecule has 3 aliphatic heterocycles. The molecule has 3 atom stereocenters. The van der Waals surface area contributed by atoms with Crippen LogP contribution in [0.4, 0.5) is 0 Å². The van der Waals surface area contributed by atoms with E-state index in [1.54, 1.807) is 0 Å². The highest BCUT2D eigenvalue weighted by molar-refractivity contribution is 5.85. The Morgan fingerprint density at radius 3 is 2.52 bits per heavy atom. The molecule has 1 aromatic rings. The van der Waals surface area contributed by atoms with Crippen molar-refractivity contribution in [1.29, 1.82) is 0 Å². The molecule has 5 nitrogen and oxygen atoms in total. The third-order valence-electron chi connectivity index (χ3n) is 8.55. The molecule has 3 heterocycles. The maximum Gasteiger partial charge on any atom is 0.222 e. The zero-order chi connectivity index (χ0) is 21.8. The number of amides is 1. The molecule has 0 unspecified atom stereocenters. The van der Waals surface area contributed by atoms with Gasteiger partial charge in [-0.2, -0.15) is 0 Å². The maximum absolute atomic E-state index is 12.8. The first-order chi connectivity index (χ1) is 15.7. The zero-order valence-electron chi connectivity index (χ0n) is 20.2. The zero-order valence-corrected chi connectivity index (χ0v) is 21.0. The molecule has 0 aromatic heterocycles. The van der Waals surface area contributed by atoms with E-state index >= 15 is 0 Å². The SMILES string of the molecule is Cl.O=C(CCC[C@H]1NC[C@@H]2C[C@H]1CN(Cc1ccccc1)C2)N1CCN(C2CCCC2)CC1. The van der Waals surface area contributed by atoms with Gasteiger partial charge in [0.05, 0.1) is 0 Å². The first kappa shape index (κ1) is 25.0. The molecule has 1 aliphatic carbocycles. The van der Waals surface area contributed by atoms with Gasteiger partial charge in [0.15, 0.2) is 0 Å². The molecule has 33 heavy (non-hydrogen) atoms. The van der Waals surface area contributed by atoms with Gasteiger partial charge in [0.25, 0.3) is 0 Å². The van der Waals surface area contributed by atoms with E-state index in [1.807, 2.05) is 0 Å². The second-order valence-electron chi connectivity index (χ2n) is 10.8. The molecule has 1 N–H and O–H groups in total. The Labute approximate surface area is 206 Å². The number of likely N-dealkylation sites (tertiary alicyclic amines) is 1. The highest BCUT2D eigenvalue weighted by Gasteiger charge is 2.36. The maximum atomic E-state index is 12.8. The number of benzene rings is 1. The van der Waals surface area contributed by atoms with Crippen molar-refractivity contribution < 1.29 is 4.79 Å². The van der Waals surface area contributed by atoms with Crippen LogP contribution in [-0.2, 0) is 11.3 Å². The summed E-state index contributed by atoms with van der Waals surface area (Å²) in [6, 6.07) is 12.3. The Morgan fingerprint density at radius 2 is 1.76 bits per heavy atom. The second-order valence-corrected chi connectivity index (χ2v) is 10.8. The molecule has 2 bridgehead atoms. The van der Waals surface area contributed by atoms with Crippen LogP contribution >= 0.6 is 12.4 Å². The van der Waals surface area contributed by atoms with E-state index in [0.717, 1.165) is 76.4 Å². The summed E-state index contributed by atoms with van der Waals surface area (Å²) in [7, 11) is 0. The van der Waals surface area contributed by atoms with E-state index in [-0.39, 0.29) is 12.4 Å². The van der Waals surface area contributed by atoms with Crippen molar-refractivity contribution in [2.75, 3.05) is 45.8 Å². The lowest BCUT2D eigenvalue weighted by atomic mass is 9.79. The van der Waals surface area contributed by atoms with Gasteiger partial charge in [0, 0.05) is 64.3 Å². The Hall–Kier alpha value is -1.14. The summed E-state index contributed by atoms with van der Waals surface area (Å²) in [5, 5.41) is 3.84. The van der Waals surface area contributed by atoms with Gasteiger partial charge in [-0.25, -0.2) is 0 Å². The minimum absolute atomic E-state index is 0. The lowest BCUT2D eigenvalue weighted by molar-refractivity contribution is -0.133. The summed E-state index contributed by atoms with van der Waals surface area (Å²) >= 11 is 0. The van der Waals surface area contributed by atoms with Crippen LogP contribution in [0.5, 0.6) is 0 Å². The van der Waals surface area contributed by atoms with Gasteiger partial charge < -0.3 is 10.2 Å². The van der Waals surface area contributed by atoms with Crippen molar-refractivity contribution >= 4 is 18.3 Å². The summed E-state index contributed by atoms with van der Waals surface area (Å²) in [5.74, 6) is 1.90. The van der Waals surface area contributed by atoms with Crippen LogP contribution in [0.15, 0.2) is 30.3 Å². The lowest BCUT2D eigenvalue weighted by Crippen LogP contribution is -2.55. The van der Waals surface area contributed by atoms with Crippen LogP contribution < -0.4 is 5.32 Å². The van der Waals surface area contributed by atoms with Crippen molar-refractivity contribution in [3.05, 3.63) is 35.9 Å². The van der Waals surface area contributed by atoms with Gasteiger partial charge in [-0.3, -0.25) is 14.6 Å². The van der Waals surface area contributed by atoms with Crippen LogP contribution in [0, 0.1) is 11.8 Å². The van der Waals surface area contributed by atoms with E-state index in [9.17, 15) is 4.79 Å². The molecule has 0 radical (unpaired) electrons. The first-order valence-electron chi connectivity index (χ1n) is 13.3. The van der Waals surface area contributed by atoms with E-state index < -0.39 is 0 Å². The smallest absolute Gasteiger partial charge is 0.222 e.